The van der Waals surface area contributed by atoms with Crippen LogP contribution in [0.5, 0.6) is 0 Å². The molecule has 0 aliphatic carbocycles. The number of benzene rings is 5. The minimum Gasteiger partial charge on any atom is -0.478 e. The first-order valence-corrected chi connectivity index (χ1v) is 73.7. The number of fused-ring (bicyclic) bond motifs is 2. The second-order valence-electron chi connectivity index (χ2n) is 36.0. The molecule has 0 bridgehead atoms. The Kier molecular flexibility index (Phi) is 29.3. The number of carbonyl (C=O) groups is 4. The van der Waals surface area contributed by atoms with Crippen LogP contribution in [-0.4, -0.2) is 147 Å². The molecule has 5 rings (SSSR count). The van der Waals surface area contributed by atoms with Crippen LogP contribution in [0.2, 0.25) is 207 Å². The molecule has 0 atom stereocenters. The van der Waals surface area contributed by atoms with Gasteiger partial charge in [0, 0.05) is 22.9 Å². The van der Waals surface area contributed by atoms with E-state index < -0.39 is 136 Å². The average Bonchev–Trinajstić information content (AvgIpc) is 0.694. The lowest BCUT2D eigenvalue weighted by molar-refractivity contribution is 0.0691. The van der Waals surface area contributed by atoms with Gasteiger partial charge in [-0.2, -0.15) is 0 Å². The van der Waals surface area contributed by atoms with Crippen LogP contribution >= 0.6 is 0 Å². The maximum Gasteiger partial charge on any atom is 0.337 e. The lowest BCUT2D eigenvalue weighted by atomic mass is 9.81. The van der Waals surface area contributed by atoms with Crippen molar-refractivity contribution in [3.05, 3.63) is 70.8 Å². The monoisotopic (exact) mass is 1560 g/mol. The number of nitrogens with one attached hydrogen (secondary N) is 2. The van der Waals surface area contributed by atoms with Crippen molar-refractivity contribution >= 4 is 168 Å². The Morgan fingerprint density at radius 3 is 0.939 bits per heavy atom. The largest absolute Gasteiger partial charge is 0.478 e. The van der Waals surface area contributed by atoms with Crippen LogP contribution in [0.25, 0.3) is 43.1 Å². The molecule has 0 unspecified atom stereocenters. The fraction of sp³-hybridized carbons (Fsp3) is 0.657. The molecule has 0 radical (unpaired) electrons. The summed E-state index contributed by atoms with van der Waals surface area (Å²) in [5, 5.41) is 34.2. The summed E-state index contributed by atoms with van der Waals surface area (Å²) in [6.45, 7) is 61.7. The average molecular weight is 1560 g/mol. The van der Waals surface area contributed by atoms with Crippen molar-refractivity contribution in [3.63, 3.8) is 0 Å². The van der Waals surface area contributed by atoms with Gasteiger partial charge in [-0.05, 0) is 272 Å². The number of carboxylic acids is 2. The summed E-state index contributed by atoms with van der Waals surface area (Å²) < 4.78 is 54.4. The zero-order valence-corrected chi connectivity index (χ0v) is 77.9. The van der Waals surface area contributed by atoms with E-state index in [0.717, 1.165) is 91.7 Å². The van der Waals surface area contributed by atoms with Gasteiger partial charge >= 0.3 is 46.2 Å². The Morgan fingerprint density at radius 1 is 0.327 bits per heavy atom. The van der Waals surface area contributed by atoms with Crippen molar-refractivity contribution < 1.29 is 62.3 Å². The van der Waals surface area contributed by atoms with Crippen molar-refractivity contribution in [2.24, 2.45) is 0 Å². The molecule has 5 aromatic carbocycles. The van der Waals surface area contributed by atoms with Gasteiger partial charge in [-0.25, -0.2) is 9.59 Å². The Hall–Kier alpha value is -2.44. The fourth-order valence-electron chi connectivity index (χ4n) is 15.5. The van der Waals surface area contributed by atoms with E-state index >= 15 is 9.59 Å². The summed E-state index contributed by atoms with van der Waals surface area (Å²) in [6, 6.07) is 17.7. The zero-order valence-electron chi connectivity index (χ0n) is 65.9. The number of amides is 2. The predicted octanol–water partition coefficient (Wildman–Crippen LogP) is 21.1. The molecule has 552 valence electrons. The van der Waals surface area contributed by atoms with E-state index in [1.807, 2.05) is 36.4 Å². The van der Waals surface area contributed by atoms with E-state index in [-0.39, 0.29) is 28.1 Å². The molecule has 0 saturated heterocycles. The lowest BCUT2D eigenvalue weighted by Gasteiger charge is -2.37. The second-order valence-corrected chi connectivity index (χ2v) is 86.7. The summed E-state index contributed by atoms with van der Waals surface area (Å²) in [4.78, 5) is 61.1. The minimum atomic E-state index is -2.42. The third-order valence-electron chi connectivity index (χ3n) is 17.1. The van der Waals surface area contributed by atoms with E-state index in [4.69, 9.17) is 32.9 Å². The van der Waals surface area contributed by atoms with Crippen LogP contribution in [0.15, 0.2) is 48.5 Å². The molecule has 0 saturated carbocycles. The van der Waals surface area contributed by atoms with Crippen molar-refractivity contribution in [3.8, 4) is 0 Å². The van der Waals surface area contributed by atoms with Crippen LogP contribution in [0.3, 0.4) is 0 Å². The third kappa shape index (κ3) is 27.6. The number of hydrogen-bond acceptors (Lipinski definition) is 12. The van der Waals surface area contributed by atoms with Crippen molar-refractivity contribution in [1.82, 2.24) is 10.6 Å². The van der Waals surface area contributed by atoms with Gasteiger partial charge in [0.2, 0.25) is 0 Å². The van der Waals surface area contributed by atoms with Crippen LogP contribution in [0, 0.1) is 0 Å². The number of aromatic carboxylic acids is 2. The van der Waals surface area contributed by atoms with Gasteiger partial charge in [-0.3, -0.25) is 9.59 Å². The lowest BCUT2D eigenvalue weighted by Crippen LogP contribution is -2.51. The van der Waals surface area contributed by atoms with Gasteiger partial charge in [-0.15, -0.1) is 0 Å². The van der Waals surface area contributed by atoms with E-state index in [1.54, 1.807) is 6.07 Å². The number of carboxylic acid groups (broad SMARTS) is 2. The summed E-state index contributed by atoms with van der Waals surface area (Å²) in [5.41, 5.74) is -1.17. The molecule has 16 nitrogen and oxygen atoms in total. The normalized spacial score (nSPS) is 14.1. The quantitative estimate of drug-likeness (QED) is 0.0124. The molecule has 5 aromatic rings. The van der Waals surface area contributed by atoms with Crippen molar-refractivity contribution in [2.75, 3.05) is 0 Å². The first kappa shape index (κ1) is 86.2. The van der Waals surface area contributed by atoms with Gasteiger partial charge < -0.3 is 53.8 Å². The summed E-state index contributed by atoms with van der Waals surface area (Å²) in [6.07, 6.45) is 8.91. The Balaban J connectivity index is 1.69. The topological polar surface area (TPSA) is 207 Å². The smallest absolute Gasteiger partial charge is 0.337 e. The molecular weight excluding hydrogens is 1430 g/mol. The molecule has 0 heterocycles. The third-order valence-corrected chi connectivity index (χ3v) is 57.7. The highest BCUT2D eigenvalue weighted by molar-refractivity contribution is 6.90. The first-order valence-electron chi connectivity index (χ1n) is 36.3. The van der Waals surface area contributed by atoms with Gasteiger partial charge in [0.05, 0.1) is 22.3 Å². The van der Waals surface area contributed by atoms with E-state index in [0.29, 0.717) is 47.2 Å². The molecule has 4 N–H and O–H groups in total. The number of rotatable bonds is 42. The molecule has 98 heavy (non-hydrogen) atoms. The molecular formula is C70H130N2O14Si12. The van der Waals surface area contributed by atoms with Crippen LogP contribution < -0.4 is 10.6 Å². The summed E-state index contributed by atoms with van der Waals surface area (Å²) in [7, 11) is -26.0. The first-order chi connectivity index (χ1) is 44.4. The van der Waals surface area contributed by atoms with Crippen molar-refractivity contribution in [1.29, 1.82) is 0 Å². The molecule has 0 aliphatic heterocycles. The molecule has 0 aromatic heterocycles. The highest BCUT2D eigenvalue weighted by Crippen LogP contribution is 2.46. The Labute approximate surface area is 603 Å². The fourth-order valence-corrected chi connectivity index (χ4v) is 68.6. The molecule has 0 fully saturated rings. The Bertz CT molecular complexity index is 3450. The minimum absolute atomic E-state index is 0.0653. The SMILES string of the molecule is C[Si](C)(C)O[Si](C)(C)O[Si](C)(C)CCCCC(CCCC[Si](C)(C)O[Si](C)(C)O[Si](C)(C)C)NC(=O)c1c(C(=O)O)c2c(C(=O)O)ccc3c4cccc5cccc(c(c1C(=O)NC(CCCC[Si](C)(C)O[Si](C)(C)O[Si](C)(C)C)CCCC[Si](C)(C)O[Si](C)(C)O[Si](C)(C)C)c23)c54. The Morgan fingerprint density at radius 2 is 0.633 bits per heavy atom. The maximum atomic E-state index is 16.5. The van der Waals surface area contributed by atoms with Gasteiger partial charge in [0.15, 0.2) is 66.5 Å². The predicted molar refractivity (Wildman–Crippen MR) is 441 cm³/mol. The van der Waals surface area contributed by atoms with Gasteiger partial charge in [0.1, 0.15) is 0 Å². The number of hydrogen-bond donors (Lipinski definition) is 4. The second kappa shape index (κ2) is 33.3. The zero-order chi connectivity index (χ0) is 74.4. The van der Waals surface area contributed by atoms with Crippen LogP contribution in [0.1, 0.15) is 118 Å². The number of unbranched alkanes of at least 4 members (excludes halogenated alkanes) is 4. The highest BCUT2D eigenvalue weighted by Gasteiger charge is 2.43. The van der Waals surface area contributed by atoms with E-state index in [9.17, 15) is 19.8 Å². The summed E-state index contributed by atoms with van der Waals surface area (Å²) >= 11 is 0. The number of carbonyl (C=O) groups excluding carboxylic acids is 2. The maximum absolute atomic E-state index is 16.5. The summed E-state index contributed by atoms with van der Waals surface area (Å²) in [5.74, 6) is -4.14. The van der Waals surface area contributed by atoms with Crippen LogP contribution in [-0.2, 0) is 32.9 Å². The molecule has 0 spiro atoms. The van der Waals surface area contributed by atoms with E-state index in [1.165, 1.54) is 6.07 Å². The highest BCUT2D eigenvalue weighted by atomic mass is 28.5. The van der Waals surface area contributed by atoms with Crippen molar-refractivity contribution in [2.45, 2.75) is 297 Å². The van der Waals surface area contributed by atoms with E-state index in [2.05, 4.69) is 194 Å². The van der Waals surface area contributed by atoms with Gasteiger partial charge in [-0.1, -0.05) is 93.8 Å². The molecule has 28 heteroatoms. The van der Waals surface area contributed by atoms with Crippen LogP contribution in [0.4, 0.5) is 0 Å². The van der Waals surface area contributed by atoms with Gasteiger partial charge in [0.25, 0.3) is 11.8 Å². The molecule has 2 amide bonds. The standard InChI is InChI=1S/C70H130N2O14Si12/c1-87(2,3)79-95(21,22)83-91(13,14)49-33-29-41-54(42-30-34-50-92(15,16)84-96(23,24)80-88(4,5)6)71-67(73)64-62-58-46-38-40-53-39-37-45-56(60(53)58)57-47-48-59(69(75)76)63(61(57)62)66(70(77)78)65(64)68(74)72-55(43-31-35-51-93(17,18)85-97(25,26)81-89(7,8)9)44-32-36-52-94(19,20)86-98(27,28)82-90(10,11)12/h37-40,45-48,54-55H,29-36,41-44,49-52H2,1-28H3,(H,71,73)(H,72,74)(H,75,76)(H,77,78). The molecule has 0 aliphatic rings.